The van der Waals surface area contributed by atoms with Crippen molar-refractivity contribution in [3.8, 4) is 5.82 Å². The van der Waals surface area contributed by atoms with Crippen molar-refractivity contribution in [1.29, 1.82) is 0 Å². The Hall–Kier alpha value is -3.27. The second kappa shape index (κ2) is 5.50. The Labute approximate surface area is 133 Å². The third kappa shape index (κ3) is 2.51. The maximum Gasteiger partial charge on any atom is 0.276 e. The molecule has 0 atom stereocenters. The molecule has 23 heavy (non-hydrogen) atoms. The summed E-state index contributed by atoms with van der Waals surface area (Å²) in [6, 6.07) is 8.61. The van der Waals surface area contributed by atoms with Gasteiger partial charge in [-0.05, 0) is 24.3 Å². The predicted octanol–water partition coefficient (Wildman–Crippen LogP) is 1.31. The summed E-state index contributed by atoms with van der Waals surface area (Å²) in [6.07, 6.45) is 2.89. The number of benzene rings is 1. The standard InChI is InChI=1S/C13H8N8OS/c22-13(16-8-2-1-3-9-12(8)20-23-19-9)10-4-5-11(18-17-10)21-7-14-6-15-21/h1-7H,(H,16,22). The van der Waals surface area contributed by atoms with Gasteiger partial charge in [0.1, 0.15) is 23.7 Å². The first kappa shape index (κ1) is 13.4. The van der Waals surface area contributed by atoms with Crippen LogP contribution in [0.3, 0.4) is 0 Å². The third-order valence-electron chi connectivity index (χ3n) is 3.07. The molecule has 0 aliphatic rings. The lowest BCUT2D eigenvalue weighted by molar-refractivity contribution is 0.102. The number of hydrogen-bond acceptors (Lipinski definition) is 8. The quantitative estimate of drug-likeness (QED) is 0.604. The third-order valence-corrected chi connectivity index (χ3v) is 3.61. The number of nitrogens with zero attached hydrogens (tertiary/aromatic N) is 7. The number of carbonyl (C=O) groups is 1. The average molecular weight is 324 g/mol. The van der Waals surface area contributed by atoms with Crippen molar-refractivity contribution in [2.45, 2.75) is 0 Å². The fourth-order valence-electron chi connectivity index (χ4n) is 1.99. The lowest BCUT2D eigenvalue weighted by Gasteiger charge is -2.05. The van der Waals surface area contributed by atoms with E-state index in [4.69, 9.17) is 0 Å². The van der Waals surface area contributed by atoms with E-state index in [2.05, 4.69) is 34.3 Å². The van der Waals surface area contributed by atoms with E-state index in [1.165, 1.54) is 17.3 Å². The van der Waals surface area contributed by atoms with E-state index < -0.39 is 0 Å². The molecule has 10 heteroatoms. The monoisotopic (exact) mass is 324 g/mol. The highest BCUT2D eigenvalue weighted by atomic mass is 32.1. The van der Waals surface area contributed by atoms with Crippen LogP contribution in [0.15, 0.2) is 43.0 Å². The molecular weight excluding hydrogens is 316 g/mol. The molecule has 1 amide bonds. The van der Waals surface area contributed by atoms with Crippen molar-refractivity contribution in [2.75, 3.05) is 5.32 Å². The van der Waals surface area contributed by atoms with Crippen LogP contribution in [-0.4, -0.2) is 39.6 Å². The van der Waals surface area contributed by atoms with Crippen LogP contribution in [0.25, 0.3) is 16.9 Å². The number of hydrogen-bond donors (Lipinski definition) is 1. The zero-order valence-corrected chi connectivity index (χ0v) is 12.3. The van der Waals surface area contributed by atoms with Crippen molar-refractivity contribution in [2.24, 2.45) is 0 Å². The van der Waals surface area contributed by atoms with Gasteiger partial charge in [-0.3, -0.25) is 4.79 Å². The van der Waals surface area contributed by atoms with Crippen LogP contribution < -0.4 is 5.32 Å². The fraction of sp³-hybridized carbons (Fsp3) is 0. The summed E-state index contributed by atoms with van der Waals surface area (Å²) in [7, 11) is 0. The molecule has 0 spiro atoms. The number of anilines is 1. The number of rotatable bonds is 3. The first-order chi connectivity index (χ1) is 11.3. The minimum Gasteiger partial charge on any atom is -0.319 e. The summed E-state index contributed by atoms with van der Waals surface area (Å²) in [5.74, 6) is 0.105. The Bertz CT molecular complexity index is 963. The molecule has 112 valence electrons. The fourth-order valence-corrected chi connectivity index (χ4v) is 2.54. The number of carbonyl (C=O) groups excluding carboxylic acids is 1. The average Bonchev–Trinajstić information content (AvgIpc) is 3.27. The molecule has 3 heterocycles. The van der Waals surface area contributed by atoms with Gasteiger partial charge in [0.25, 0.3) is 5.91 Å². The van der Waals surface area contributed by atoms with Crippen LogP contribution in [-0.2, 0) is 0 Å². The van der Waals surface area contributed by atoms with Gasteiger partial charge in [0.15, 0.2) is 11.5 Å². The first-order valence-electron chi connectivity index (χ1n) is 6.52. The normalized spacial score (nSPS) is 10.8. The minimum absolute atomic E-state index is 0.189. The van der Waals surface area contributed by atoms with Crippen molar-refractivity contribution in [3.05, 3.63) is 48.7 Å². The van der Waals surface area contributed by atoms with E-state index in [9.17, 15) is 4.79 Å². The summed E-state index contributed by atoms with van der Waals surface area (Å²) >= 11 is 1.10. The number of amides is 1. The van der Waals surface area contributed by atoms with Gasteiger partial charge in [0.05, 0.1) is 17.4 Å². The lowest BCUT2D eigenvalue weighted by atomic mass is 10.2. The molecule has 4 aromatic rings. The largest absolute Gasteiger partial charge is 0.319 e. The Balaban J connectivity index is 1.58. The first-order valence-corrected chi connectivity index (χ1v) is 7.26. The summed E-state index contributed by atoms with van der Waals surface area (Å²) < 4.78 is 9.76. The van der Waals surface area contributed by atoms with Gasteiger partial charge < -0.3 is 5.32 Å². The van der Waals surface area contributed by atoms with E-state index in [-0.39, 0.29) is 11.6 Å². The van der Waals surface area contributed by atoms with Gasteiger partial charge in [-0.2, -0.15) is 13.8 Å². The SMILES string of the molecule is O=C(Nc1cccc2nsnc12)c1ccc(-n2cncn2)nn1. The van der Waals surface area contributed by atoms with Crippen LogP contribution in [0.5, 0.6) is 0 Å². The van der Waals surface area contributed by atoms with E-state index in [0.717, 1.165) is 17.2 Å². The van der Waals surface area contributed by atoms with E-state index in [1.807, 2.05) is 6.07 Å². The van der Waals surface area contributed by atoms with E-state index in [0.29, 0.717) is 17.0 Å². The topological polar surface area (TPSA) is 111 Å². The molecule has 4 rings (SSSR count). The molecule has 0 aliphatic carbocycles. The molecule has 3 aromatic heterocycles. The van der Waals surface area contributed by atoms with Gasteiger partial charge >= 0.3 is 0 Å². The predicted molar refractivity (Wildman–Crippen MR) is 82.3 cm³/mol. The number of nitrogens with one attached hydrogen (secondary N) is 1. The Kier molecular flexibility index (Phi) is 3.20. The number of aromatic nitrogens is 7. The molecular formula is C13H8N8OS. The second-order valence-electron chi connectivity index (χ2n) is 4.51. The Morgan fingerprint density at radius 1 is 1.13 bits per heavy atom. The van der Waals surface area contributed by atoms with E-state index in [1.54, 1.807) is 24.3 Å². The van der Waals surface area contributed by atoms with Gasteiger partial charge in [0.2, 0.25) is 0 Å². The molecule has 0 saturated heterocycles. The van der Waals surface area contributed by atoms with Crippen molar-refractivity contribution in [3.63, 3.8) is 0 Å². The van der Waals surface area contributed by atoms with Crippen LogP contribution in [0.4, 0.5) is 5.69 Å². The zero-order valence-electron chi connectivity index (χ0n) is 11.5. The molecule has 0 saturated carbocycles. The molecule has 0 radical (unpaired) electrons. The molecule has 0 bridgehead atoms. The highest BCUT2D eigenvalue weighted by molar-refractivity contribution is 7.00. The van der Waals surface area contributed by atoms with Gasteiger partial charge in [-0.25, -0.2) is 9.67 Å². The number of fused-ring (bicyclic) bond motifs is 1. The van der Waals surface area contributed by atoms with Crippen LogP contribution in [0.1, 0.15) is 10.5 Å². The second-order valence-corrected chi connectivity index (χ2v) is 5.04. The molecule has 9 nitrogen and oxygen atoms in total. The summed E-state index contributed by atoms with van der Waals surface area (Å²) in [5.41, 5.74) is 2.16. The lowest BCUT2D eigenvalue weighted by Crippen LogP contribution is -2.15. The maximum absolute atomic E-state index is 12.3. The zero-order chi connectivity index (χ0) is 15.6. The van der Waals surface area contributed by atoms with E-state index >= 15 is 0 Å². The molecule has 0 unspecified atom stereocenters. The highest BCUT2D eigenvalue weighted by Crippen LogP contribution is 2.21. The van der Waals surface area contributed by atoms with Gasteiger partial charge in [0, 0.05) is 0 Å². The maximum atomic E-state index is 12.3. The van der Waals surface area contributed by atoms with Crippen LogP contribution in [0.2, 0.25) is 0 Å². The smallest absolute Gasteiger partial charge is 0.276 e. The highest BCUT2D eigenvalue weighted by Gasteiger charge is 2.12. The van der Waals surface area contributed by atoms with Crippen molar-refractivity contribution >= 4 is 34.4 Å². The Morgan fingerprint density at radius 2 is 2.09 bits per heavy atom. The minimum atomic E-state index is -0.372. The van der Waals surface area contributed by atoms with Gasteiger partial charge in [-0.1, -0.05) is 6.07 Å². The summed E-state index contributed by atoms with van der Waals surface area (Å²) in [5, 5.41) is 14.6. The molecule has 0 aliphatic heterocycles. The van der Waals surface area contributed by atoms with Crippen molar-refractivity contribution < 1.29 is 4.79 Å². The van der Waals surface area contributed by atoms with Crippen molar-refractivity contribution in [1.82, 2.24) is 33.7 Å². The molecule has 1 N–H and O–H groups in total. The van der Waals surface area contributed by atoms with Crippen LogP contribution in [0, 0.1) is 0 Å². The summed E-state index contributed by atoms with van der Waals surface area (Å²) in [6.45, 7) is 0. The molecule has 1 aromatic carbocycles. The van der Waals surface area contributed by atoms with Gasteiger partial charge in [-0.15, -0.1) is 10.2 Å². The Morgan fingerprint density at radius 3 is 2.87 bits per heavy atom. The van der Waals surface area contributed by atoms with Crippen LogP contribution >= 0.6 is 11.7 Å². The summed E-state index contributed by atoms with van der Waals surface area (Å²) in [4.78, 5) is 16.1. The molecule has 0 fully saturated rings.